The van der Waals surface area contributed by atoms with Gasteiger partial charge in [-0.05, 0) is 42.5 Å². The maximum Gasteiger partial charge on any atom is 0.266 e. The number of benzene rings is 2. The van der Waals surface area contributed by atoms with Crippen molar-refractivity contribution in [2.24, 2.45) is 0 Å². The topological polar surface area (TPSA) is 81.1 Å². The van der Waals surface area contributed by atoms with Gasteiger partial charge in [-0.1, -0.05) is 35.3 Å². The maximum absolute atomic E-state index is 12.1. The van der Waals surface area contributed by atoms with Crippen molar-refractivity contribution in [1.29, 1.82) is 0 Å². The molecule has 0 aliphatic rings. The molecule has 0 bridgehead atoms. The molecular formula is C22H19Cl2N3O3. The summed E-state index contributed by atoms with van der Waals surface area (Å²) in [4.78, 5) is 36.2. The summed E-state index contributed by atoms with van der Waals surface area (Å²) >= 11 is 11.7. The molecule has 0 radical (unpaired) electrons. The van der Waals surface area contributed by atoms with Crippen molar-refractivity contribution >= 4 is 34.9 Å². The zero-order chi connectivity index (χ0) is 21.5. The van der Waals surface area contributed by atoms with Gasteiger partial charge in [-0.2, -0.15) is 5.10 Å². The van der Waals surface area contributed by atoms with Crippen molar-refractivity contribution in [2.75, 3.05) is 6.54 Å². The van der Waals surface area contributed by atoms with Crippen LogP contribution in [0.1, 0.15) is 23.2 Å². The zero-order valence-electron chi connectivity index (χ0n) is 16.0. The zero-order valence-corrected chi connectivity index (χ0v) is 17.5. The van der Waals surface area contributed by atoms with Crippen molar-refractivity contribution in [3.05, 3.63) is 86.6 Å². The van der Waals surface area contributed by atoms with E-state index in [1.165, 1.54) is 10.7 Å². The first-order valence-electron chi connectivity index (χ1n) is 9.32. The smallest absolute Gasteiger partial charge is 0.266 e. The molecule has 1 amide bonds. The van der Waals surface area contributed by atoms with Crippen LogP contribution in [-0.2, 0) is 11.3 Å². The normalized spacial score (nSPS) is 10.6. The van der Waals surface area contributed by atoms with Crippen LogP contribution in [0.5, 0.6) is 0 Å². The second-order valence-corrected chi connectivity index (χ2v) is 7.44. The van der Waals surface area contributed by atoms with E-state index in [2.05, 4.69) is 10.4 Å². The molecule has 1 heterocycles. The van der Waals surface area contributed by atoms with Crippen LogP contribution in [0.15, 0.2) is 65.5 Å². The monoisotopic (exact) mass is 443 g/mol. The Labute approximate surface area is 183 Å². The molecular weight excluding hydrogens is 425 g/mol. The van der Waals surface area contributed by atoms with Gasteiger partial charge in [0.05, 0.1) is 12.2 Å². The fraction of sp³-hybridized carbons (Fsp3) is 0.182. The van der Waals surface area contributed by atoms with Gasteiger partial charge < -0.3 is 5.32 Å². The number of hydrogen-bond donors (Lipinski definition) is 1. The van der Waals surface area contributed by atoms with Crippen molar-refractivity contribution in [1.82, 2.24) is 15.1 Å². The summed E-state index contributed by atoms with van der Waals surface area (Å²) < 4.78 is 1.29. The SMILES string of the molecule is O=C(CCC(=O)c1ccc(Cl)cc1)NCCn1nc(-c2ccc(Cl)cc2)ccc1=O. The van der Waals surface area contributed by atoms with Crippen molar-refractivity contribution in [3.8, 4) is 11.3 Å². The van der Waals surface area contributed by atoms with Crippen LogP contribution in [-0.4, -0.2) is 28.0 Å². The number of hydrogen-bond acceptors (Lipinski definition) is 4. The van der Waals surface area contributed by atoms with E-state index in [9.17, 15) is 14.4 Å². The second kappa shape index (κ2) is 10.2. The molecule has 6 nitrogen and oxygen atoms in total. The van der Waals surface area contributed by atoms with Crippen LogP contribution in [0.2, 0.25) is 10.0 Å². The van der Waals surface area contributed by atoms with Crippen LogP contribution >= 0.6 is 23.2 Å². The Morgan fingerprint density at radius 1 is 0.867 bits per heavy atom. The highest BCUT2D eigenvalue weighted by Gasteiger charge is 2.10. The Kier molecular flexibility index (Phi) is 7.38. The van der Waals surface area contributed by atoms with E-state index in [0.29, 0.717) is 21.3 Å². The van der Waals surface area contributed by atoms with E-state index in [4.69, 9.17) is 23.2 Å². The predicted molar refractivity (Wildman–Crippen MR) is 117 cm³/mol. The molecule has 1 N–H and O–H groups in total. The number of ketones is 1. The molecule has 8 heteroatoms. The first-order chi connectivity index (χ1) is 14.4. The third-order valence-electron chi connectivity index (χ3n) is 4.40. The first-order valence-corrected chi connectivity index (χ1v) is 10.1. The van der Waals surface area contributed by atoms with Gasteiger partial charge in [0.2, 0.25) is 5.91 Å². The third kappa shape index (κ3) is 6.02. The van der Waals surface area contributed by atoms with E-state index in [1.54, 1.807) is 42.5 Å². The van der Waals surface area contributed by atoms with Crippen LogP contribution in [0.4, 0.5) is 0 Å². The minimum Gasteiger partial charge on any atom is -0.354 e. The molecule has 0 saturated heterocycles. The van der Waals surface area contributed by atoms with E-state index in [-0.39, 0.29) is 43.2 Å². The second-order valence-electron chi connectivity index (χ2n) is 6.57. The van der Waals surface area contributed by atoms with Crippen molar-refractivity contribution in [2.45, 2.75) is 19.4 Å². The summed E-state index contributed by atoms with van der Waals surface area (Å²) in [6.07, 6.45) is 0.159. The molecule has 2 aromatic carbocycles. The summed E-state index contributed by atoms with van der Waals surface area (Å²) in [5, 5.41) is 8.21. The summed E-state index contributed by atoms with van der Waals surface area (Å²) in [5.74, 6) is -0.394. The van der Waals surface area contributed by atoms with Gasteiger partial charge in [-0.25, -0.2) is 4.68 Å². The molecule has 1 aromatic heterocycles. The van der Waals surface area contributed by atoms with Gasteiger partial charge in [0.15, 0.2) is 5.78 Å². The minimum atomic E-state index is -0.265. The molecule has 0 unspecified atom stereocenters. The highest BCUT2D eigenvalue weighted by atomic mass is 35.5. The highest BCUT2D eigenvalue weighted by Crippen LogP contribution is 2.18. The third-order valence-corrected chi connectivity index (χ3v) is 4.90. The average Bonchev–Trinajstić information content (AvgIpc) is 2.74. The van der Waals surface area contributed by atoms with Gasteiger partial charge in [0, 0.05) is 46.6 Å². The number of aromatic nitrogens is 2. The number of amides is 1. The summed E-state index contributed by atoms with van der Waals surface area (Å²) in [6, 6.07) is 16.8. The molecule has 30 heavy (non-hydrogen) atoms. The predicted octanol–water partition coefficient (Wildman–Crippen LogP) is 4.00. The van der Waals surface area contributed by atoms with Gasteiger partial charge in [0.25, 0.3) is 5.56 Å². The van der Waals surface area contributed by atoms with Gasteiger partial charge in [-0.15, -0.1) is 0 Å². The number of carbonyl (C=O) groups excluding carboxylic acids is 2. The molecule has 0 aliphatic heterocycles. The quantitative estimate of drug-likeness (QED) is 0.533. The molecule has 0 aliphatic carbocycles. The van der Waals surface area contributed by atoms with Gasteiger partial charge in [-0.3, -0.25) is 14.4 Å². The van der Waals surface area contributed by atoms with Crippen molar-refractivity contribution in [3.63, 3.8) is 0 Å². The minimum absolute atomic E-state index is 0.0641. The number of nitrogens with one attached hydrogen (secondary N) is 1. The Morgan fingerprint density at radius 3 is 2.17 bits per heavy atom. The number of nitrogens with zero attached hydrogens (tertiary/aromatic N) is 2. The standard InChI is InChI=1S/C22H19Cl2N3O3/c23-17-5-1-15(2-6-17)19-9-12-22(30)27(26-19)14-13-25-21(29)11-10-20(28)16-3-7-18(24)8-4-16/h1-9,12H,10-11,13-14H2,(H,25,29). The van der Waals surface area contributed by atoms with Gasteiger partial charge in [0.1, 0.15) is 0 Å². The molecule has 0 saturated carbocycles. The lowest BCUT2D eigenvalue weighted by Crippen LogP contribution is -2.32. The lowest BCUT2D eigenvalue weighted by atomic mass is 10.1. The number of Topliss-reactive ketones (excluding diaryl/α,β-unsaturated/α-hetero) is 1. The average molecular weight is 444 g/mol. The van der Waals surface area contributed by atoms with E-state index >= 15 is 0 Å². The van der Waals surface area contributed by atoms with E-state index in [1.807, 2.05) is 12.1 Å². The lowest BCUT2D eigenvalue weighted by Gasteiger charge is -2.09. The van der Waals surface area contributed by atoms with Crippen LogP contribution in [0, 0.1) is 0 Å². The maximum atomic E-state index is 12.1. The van der Waals surface area contributed by atoms with Crippen LogP contribution < -0.4 is 10.9 Å². The molecule has 3 aromatic rings. The summed E-state index contributed by atoms with van der Waals surface area (Å²) in [7, 11) is 0. The molecule has 0 fully saturated rings. The lowest BCUT2D eigenvalue weighted by molar-refractivity contribution is -0.121. The summed E-state index contributed by atoms with van der Waals surface area (Å²) in [6.45, 7) is 0.447. The molecule has 0 spiro atoms. The molecule has 154 valence electrons. The Morgan fingerprint density at radius 2 is 1.50 bits per heavy atom. The van der Waals surface area contributed by atoms with Gasteiger partial charge >= 0.3 is 0 Å². The van der Waals surface area contributed by atoms with Crippen LogP contribution in [0.25, 0.3) is 11.3 Å². The Bertz CT molecular complexity index is 1090. The largest absolute Gasteiger partial charge is 0.354 e. The Balaban J connectivity index is 1.50. The van der Waals surface area contributed by atoms with Crippen molar-refractivity contribution < 1.29 is 9.59 Å². The highest BCUT2D eigenvalue weighted by molar-refractivity contribution is 6.31. The number of carbonyl (C=O) groups is 2. The molecule has 0 atom stereocenters. The number of halogens is 2. The first kappa shape index (κ1) is 21.7. The van der Waals surface area contributed by atoms with E-state index < -0.39 is 0 Å². The fourth-order valence-electron chi connectivity index (χ4n) is 2.78. The Hall–Kier alpha value is -2.96. The van der Waals surface area contributed by atoms with E-state index in [0.717, 1.165) is 5.56 Å². The fourth-order valence-corrected chi connectivity index (χ4v) is 3.03. The molecule has 3 rings (SSSR count). The van der Waals surface area contributed by atoms with Crippen LogP contribution in [0.3, 0.4) is 0 Å². The number of rotatable bonds is 8. The summed E-state index contributed by atoms with van der Waals surface area (Å²) in [5.41, 5.74) is 1.71.